The van der Waals surface area contributed by atoms with Crippen LogP contribution in [0.2, 0.25) is 0 Å². The molecular formula is C19H25N2O2+. The molecule has 0 bridgehead atoms. The van der Waals surface area contributed by atoms with Gasteiger partial charge in [-0.1, -0.05) is 36.4 Å². The number of hydrogen-bond acceptors (Lipinski definition) is 3. The van der Waals surface area contributed by atoms with E-state index in [1.807, 2.05) is 36.4 Å². The van der Waals surface area contributed by atoms with Crippen molar-refractivity contribution in [2.45, 2.75) is 6.10 Å². The van der Waals surface area contributed by atoms with Gasteiger partial charge in [-0.3, -0.25) is 0 Å². The first kappa shape index (κ1) is 16.0. The summed E-state index contributed by atoms with van der Waals surface area (Å²) < 4.78 is 5.39. The first-order chi connectivity index (χ1) is 11.3. The molecule has 3 rings (SSSR count). The monoisotopic (exact) mass is 313 g/mol. The number of aliphatic hydroxyl groups excluding tert-OH is 1. The first-order valence-corrected chi connectivity index (χ1v) is 8.30. The van der Waals surface area contributed by atoms with Crippen molar-refractivity contribution in [2.75, 3.05) is 44.3 Å². The van der Waals surface area contributed by atoms with Crippen LogP contribution in [0.4, 0.5) is 11.4 Å². The quantitative estimate of drug-likeness (QED) is 0.839. The zero-order valence-electron chi connectivity index (χ0n) is 13.4. The molecule has 1 aliphatic rings. The van der Waals surface area contributed by atoms with Crippen LogP contribution in [0.3, 0.4) is 0 Å². The van der Waals surface area contributed by atoms with Gasteiger partial charge in [-0.15, -0.1) is 0 Å². The standard InChI is InChI=1S/C19H24N2O2/c22-19(15-20-11-13-23-14-12-20)16-21(17-7-3-1-4-8-17)18-9-5-2-6-10-18/h1-10,19,22H,11-16H2/p+1/t19-/m0/s1. The zero-order valence-corrected chi connectivity index (χ0v) is 13.4. The molecule has 4 heteroatoms. The number of nitrogens with one attached hydrogen (secondary N) is 1. The van der Waals surface area contributed by atoms with E-state index >= 15 is 0 Å². The van der Waals surface area contributed by atoms with Crippen LogP contribution in [0.25, 0.3) is 0 Å². The maximum Gasteiger partial charge on any atom is 0.121 e. The minimum absolute atomic E-state index is 0.372. The Kier molecular flexibility index (Phi) is 5.64. The SMILES string of the molecule is O[C@H](CN(c1ccccc1)c1ccccc1)C[NH+]1CCOCC1. The smallest absolute Gasteiger partial charge is 0.121 e. The normalized spacial score (nSPS) is 16.9. The van der Waals surface area contributed by atoms with E-state index in [0.717, 1.165) is 44.2 Å². The van der Waals surface area contributed by atoms with Crippen molar-refractivity contribution in [1.82, 2.24) is 0 Å². The predicted molar refractivity (Wildman–Crippen MR) is 92.3 cm³/mol. The Morgan fingerprint density at radius 1 is 0.913 bits per heavy atom. The second-order valence-electron chi connectivity index (χ2n) is 6.00. The lowest BCUT2D eigenvalue weighted by molar-refractivity contribution is -0.910. The average molecular weight is 313 g/mol. The molecule has 0 radical (unpaired) electrons. The molecule has 1 saturated heterocycles. The van der Waals surface area contributed by atoms with Gasteiger partial charge in [0.2, 0.25) is 0 Å². The topological polar surface area (TPSA) is 37.1 Å². The highest BCUT2D eigenvalue weighted by molar-refractivity contribution is 5.62. The lowest BCUT2D eigenvalue weighted by Gasteiger charge is -2.30. The van der Waals surface area contributed by atoms with Gasteiger partial charge < -0.3 is 19.6 Å². The van der Waals surface area contributed by atoms with Gasteiger partial charge in [0.15, 0.2) is 0 Å². The Hall–Kier alpha value is -1.88. The molecule has 2 N–H and O–H groups in total. The van der Waals surface area contributed by atoms with E-state index in [2.05, 4.69) is 29.2 Å². The summed E-state index contributed by atoms with van der Waals surface area (Å²) in [5.41, 5.74) is 2.21. The van der Waals surface area contributed by atoms with Gasteiger partial charge >= 0.3 is 0 Å². The maximum absolute atomic E-state index is 10.6. The molecule has 2 aromatic rings. The lowest BCUT2D eigenvalue weighted by Crippen LogP contribution is -3.15. The fourth-order valence-electron chi connectivity index (χ4n) is 3.05. The third-order valence-corrected chi connectivity index (χ3v) is 4.25. The van der Waals surface area contributed by atoms with Crippen molar-refractivity contribution in [3.63, 3.8) is 0 Å². The summed E-state index contributed by atoms with van der Waals surface area (Å²) in [5.74, 6) is 0. The van der Waals surface area contributed by atoms with Crippen LogP contribution in [0.1, 0.15) is 0 Å². The average Bonchev–Trinajstić information content (AvgIpc) is 2.62. The number of aliphatic hydroxyl groups is 1. The Balaban J connectivity index is 1.71. The molecule has 4 nitrogen and oxygen atoms in total. The van der Waals surface area contributed by atoms with Gasteiger partial charge in [0, 0.05) is 11.4 Å². The summed E-state index contributed by atoms with van der Waals surface area (Å²) >= 11 is 0. The fraction of sp³-hybridized carbons (Fsp3) is 0.368. The van der Waals surface area contributed by atoms with Gasteiger partial charge in [-0.2, -0.15) is 0 Å². The molecule has 0 unspecified atom stereocenters. The molecular weight excluding hydrogens is 288 g/mol. The van der Waals surface area contributed by atoms with Crippen LogP contribution in [-0.4, -0.2) is 50.6 Å². The maximum atomic E-state index is 10.6. The van der Waals surface area contributed by atoms with Gasteiger partial charge in [-0.25, -0.2) is 0 Å². The summed E-state index contributed by atoms with van der Waals surface area (Å²) in [5, 5.41) is 10.6. The number of morpholine rings is 1. The van der Waals surface area contributed by atoms with E-state index in [1.165, 1.54) is 4.90 Å². The summed E-state index contributed by atoms with van der Waals surface area (Å²) in [6.07, 6.45) is -0.372. The van der Waals surface area contributed by atoms with Crippen molar-refractivity contribution >= 4 is 11.4 Å². The number of quaternary nitrogens is 1. The van der Waals surface area contributed by atoms with Crippen LogP contribution >= 0.6 is 0 Å². The molecule has 1 atom stereocenters. The number of benzene rings is 2. The molecule has 23 heavy (non-hydrogen) atoms. The zero-order chi connectivity index (χ0) is 15.9. The van der Waals surface area contributed by atoms with E-state index in [0.29, 0.717) is 6.54 Å². The third-order valence-electron chi connectivity index (χ3n) is 4.25. The molecule has 0 aromatic heterocycles. The Bertz CT molecular complexity index is 531. The number of rotatable bonds is 6. The van der Waals surface area contributed by atoms with Gasteiger partial charge in [0.05, 0.1) is 19.8 Å². The minimum Gasteiger partial charge on any atom is -0.385 e. The minimum atomic E-state index is -0.372. The number of para-hydroxylation sites is 2. The molecule has 2 aromatic carbocycles. The number of ether oxygens (including phenoxy) is 1. The van der Waals surface area contributed by atoms with E-state index in [-0.39, 0.29) is 6.10 Å². The number of nitrogens with zero attached hydrogens (tertiary/aromatic N) is 1. The van der Waals surface area contributed by atoms with E-state index in [4.69, 9.17) is 4.74 Å². The van der Waals surface area contributed by atoms with E-state index in [1.54, 1.807) is 0 Å². The van der Waals surface area contributed by atoms with Crippen LogP contribution in [0.15, 0.2) is 60.7 Å². The van der Waals surface area contributed by atoms with Crippen molar-refractivity contribution < 1.29 is 14.7 Å². The lowest BCUT2D eigenvalue weighted by atomic mass is 10.2. The highest BCUT2D eigenvalue weighted by Gasteiger charge is 2.21. The largest absolute Gasteiger partial charge is 0.385 e. The fourth-order valence-corrected chi connectivity index (χ4v) is 3.05. The van der Waals surface area contributed by atoms with Crippen molar-refractivity contribution in [3.8, 4) is 0 Å². The van der Waals surface area contributed by atoms with Crippen molar-refractivity contribution in [1.29, 1.82) is 0 Å². The van der Waals surface area contributed by atoms with Gasteiger partial charge in [0.25, 0.3) is 0 Å². The molecule has 0 spiro atoms. The van der Waals surface area contributed by atoms with E-state index in [9.17, 15) is 5.11 Å². The molecule has 0 saturated carbocycles. The number of anilines is 2. The summed E-state index contributed by atoms with van der Waals surface area (Å²) in [4.78, 5) is 3.61. The molecule has 1 aliphatic heterocycles. The third kappa shape index (κ3) is 4.55. The summed E-state index contributed by atoms with van der Waals surface area (Å²) in [6, 6.07) is 20.5. The first-order valence-electron chi connectivity index (χ1n) is 8.30. The van der Waals surface area contributed by atoms with Crippen LogP contribution < -0.4 is 9.80 Å². The van der Waals surface area contributed by atoms with Crippen molar-refractivity contribution in [3.05, 3.63) is 60.7 Å². The molecule has 0 aliphatic carbocycles. The summed E-state index contributed by atoms with van der Waals surface area (Å²) in [6.45, 7) is 4.91. The number of hydrogen-bond donors (Lipinski definition) is 2. The predicted octanol–water partition coefficient (Wildman–Crippen LogP) is 1.10. The molecule has 1 fully saturated rings. The van der Waals surface area contributed by atoms with Crippen molar-refractivity contribution in [2.24, 2.45) is 0 Å². The highest BCUT2D eigenvalue weighted by Crippen LogP contribution is 2.24. The van der Waals surface area contributed by atoms with Crippen LogP contribution in [0, 0.1) is 0 Å². The molecule has 122 valence electrons. The highest BCUT2D eigenvalue weighted by atomic mass is 16.5. The Morgan fingerprint density at radius 3 is 1.96 bits per heavy atom. The Labute approximate surface area is 137 Å². The van der Waals surface area contributed by atoms with E-state index < -0.39 is 0 Å². The second-order valence-corrected chi connectivity index (χ2v) is 6.00. The Morgan fingerprint density at radius 2 is 1.43 bits per heavy atom. The molecule has 1 heterocycles. The second kappa shape index (κ2) is 8.11. The van der Waals surface area contributed by atoms with Gasteiger partial charge in [0.1, 0.15) is 25.7 Å². The van der Waals surface area contributed by atoms with Gasteiger partial charge in [-0.05, 0) is 24.3 Å². The van der Waals surface area contributed by atoms with Crippen LogP contribution in [0.5, 0.6) is 0 Å². The molecule has 0 amide bonds. The summed E-state index contributed by atoms with van der Waals surface area (Å²) in [7, 11) is 0. The van der Waals surface area contributed by atoms with Crippen LogP contribution in [-0.2, 0) is 4.74 Å².